The summed E-state index contributed by atoms with van der Waals surface area (Å²) in [7, 11) is -3.02. The van der Waals surface area contributed by atoms with E-state index in [-0.39, 0.29) is 0 Å². The van der Waals surface area contributed by atoms with E-state index in [0.29, 0.717) is 19.0 Å². The molecule has 1 rings (SSSR count). The lowest BCUT2D eigenvalue weighted by molar-refractivity contribution is 0.147. The molecule has 6 heteroatoms. The molecule has 1 N–H and O–H groups in total. The summed E-state index contributed by atoms with van der Waals surface area (Å²) in [5.74, 6) is 0.431. The second kappa shape index (κ2) is 7.31. The van der Waals surface area contributed by atoms with Crippen molar-refractivity contribution in [3.05, 3.63) is 0 Å². The minimum Gasteiger partial charge on any atom is -0.380 e. The molecule has 0 aromatic heterocycles. The average Bonchev–Trinajstić information content (AvgIpc) is 2.28. The first-order valence-corrected chi connectivity index (χ1v) is 8.12. The standard InChI is InChI=1S/C11H24N2O3S/c1-3-16-8-6-12-9-11-5-4-7-13(10-11)17(2,14)15/h11-12H,3-10H2,1-2H3. The van der Waals surface area contributed by atoms with E-state index in [1.807, 2.05) is 6.92 Å². The summed E-state index contributed by atoms with van der Waals surface area (Å²) in [5.41, 5.74) is 0. The third kappa shape index (κ3) is 5.81. The molecular weight excluding hydrogens is 240 g/mol. The predicted octanol–water partition coefficient (Wildman–Crippen LogP) is 0.284. The molecule has 0 aliphatic carbocycles. The van der Waals surface area contributed by atoms with Crippen molar-refractivity contribution in [2.45, 2.75) is 19.8 Å². The van der Waals surface area contributed by atoms with Crippen LogP contribution in [-0.2, 0) is 14.8 Å². The minimum atomic E-state index is -3.02. The van der Waals surface area contributed by atoms with Crippen LogP contribution in [0.1, 0.15) is 19.8 Å². The fourth-order valence-corrected chi connectivity index (χ4v) is 3.03. The molecule has 1 heterocycles. The highest BCUT2D eigenvalue weighted by molar-refractivity contribution is 7.88. The molecular formula is C11H24N2O3S. The smallest absolute Gasteiger partial charge is 0.211 e. The van der Waals surface area contributed by atoms with Gasteiger partial charge in [-0.15, -0.1) is 0 Å². The SMILES string of the molecule is CCOCCNCC1CCCN(S(C)(=O)=O)C1. The lowest BCUT2D eigenvalue weighted by atomic mass is 10.00. The number of rotatable bonds is 7. The monoisotopic (exact) mass is 264 g/mol. The molecule has 1 aliphatic rings. The number of nitrogens with one attached hydrogen (secondary N) is 1. The van der Waals surface area contributed by atoms with Crippen molar-refractivity contribution in [2.24, 2.45) is 5.92 Å². The lowest BCUT2D eigenvalue weighted by Gasteiger charge is -2.31. The summed E-state index contributed by atoms with van der Waals surface area (Å²) >= 11 is 0. The van der Waals surface area contributed by atoms with Crippen molar-refractivity contribution < 1.29 is 13.2 Å². The fraction of sp³-hybridized carbons (Fsp3) is 1.00. The van der Waals surface area contributed by atoms with Crippen molar-refractivity contribution in [3.63, 3.8) is 0 Å². The summed E-state index contributed by atoms with van der Waals surface area (Å²) in [6, 6.07) is 0. The number of sulfonamides is 1. The van der Waals surface area contributed by atoms with E-state index in [4.69, 9.17) is 4.74 Å². The summed E-state index contributed by atoms with van der Waals surface area (Å²) in [6.07, 6.45) is 3.36. The van der Waals surface area contributed by atoms with E-state index < -0.39 is 10.0 Å². The summed E-state index contributed by atoms with van der Waals surface area (Å²) in [4.78, 5) is 0. The van der Waals surface area contributed by atoms with E-state index in [1.165, 1.54) is 6.26 Å². The Labute approximate surface area is 105 Å². The van der Waals surface area contributed by atoms with Gasteiger partial charge in [0.15, 0.2) is 0 Å². The van der Waals surface area contributed by atoms with Gasteiger partial charge in [-0.25, -0.2) is 12.7 Å². The molecule has 17 heavy (non-hydrogen) atoms. The fourth-order valence-electron chi connectivity index (χ4n) is 2.09. The number of nitrogens with zero attached hydrogens (tertiary/aromatic N) is 1. The second-order valence-electron chi connectivity index (χ2n) is 4.53. The van der Waals surface area contributed by atoms with E-state index in [9.17, 15) is 8.42 Å². The van der Waals surface area contributed by atoms with Gasteiger partial charge < -0.3 is 10.1 Å². The topological polar surface area (TPSA) is 58.6 Å². The van der Waals surface area contributed by atoms with Crippen molar-refractivity contribution in [1.29, 1.82) is 0 Å². The first-order valence-electron chi connectivity index (χ1n) is 6.27. The molecule has 0 aromatic carbocycles. The number of piperidine rings is 1. The van der Waals surface area contributed by atoms with Gasteiger partial charge in [0, 0.05) is 26.2 Å². The molecule has 0 amide bonds. The van der Waals surface area contributed by atoms with Crippen LogP contribution in [-0.4, -0.2) is 58.4 Å². The molecule has 1 unspecified atom stereocenters. The van der Waals surface area contributed by atoms with Crippen LogP contribution >= 0.6 is 0 Å². The summed E-state index contributed by atoms with van der Waals surface area (Å²) in [6.45, 7) is 6.48. The molecule has 0 radical (unpaired) electrons. The minimum absolute atomic E-state index is 0.431. The first kappa shape index (κ1) is 14.9. The number of hydrogen-bond acceptors (Lipinski definition) is 4. The van der Waals surface area contributed by atoms with Gasteiger partial charge in [0.2, 0.25) is 10.0 Å². The van der Waals surface area contributed by atoms with E-state index in [0.717, 1.165) is 39.1 Å². The van der Waals surface area contributed by atoms with E-state index in [2.05, 4.69) is 5.32 Å². The highest BCUT2D eigenvalue weighted by Crippen LogP contribution is 2.17. The van der Waals surface area contributed by atoms with Crippen LogP contribution in [0.5, 0.6) is 0 Å². The predicted molar refractivity (Wildman–Crippen MR) is 68.5 cm³/mol. The van der Waals surface area contributed by atoms with Crippen LogP contribution in [0, 0.1) is 5.92 Å². The Morgan fingerprint density at radius 2 is 2.24 bits per heavy atom. The normalized spacial score (nSPS) is 22.8. The van der Waals surface area contributed by atoms with Gasteiger partial charge in [0.1, 0.15) is 0 Å². The van der Waals surface area contributed by atoms with Crippen molar-refractivity contribution in [1.82, 2.24) is 9.62 Å². The molecule has 5 nitrogen and oxygen atoms in total. The van der Waals surface area contributed by atoms with Gasteiger partial charge in [0.25, 0.3) is 0 Å². The largest absolute Gasteiger partial charge is 0.380 e. The van der Waals surface area contributed by atoms with Crippen LogP contribution in [0.3, 0.4) is 0 Å². The molecule has 0 bridgehead atoms. The first-order chi connectivity index (χ1) is 8.04. The molecule has 1 saturated heterocycles. The van der Waals surface area contributed by atoms with Gasteiger partial charge in [-0.3, -0.25) is 0 Å². The quantitative estimate of drug-likeness (QED) is 0.671. The van der Waals surface area contributed by atoms with E-state index in [1.54, 1.807) is 4.31 Å². The van der Waals surface area contributed by atoms with Crippen molar-refractivity contribution >= 4 is 10.0 Å². The highest BCUT2D eigenvalue weighted by Gasteiger charge is 2.25. The maximum absolute atomic E-state index is 11.4. The van der Waals surface area contributed by atoms with Crippen LogP contribution in [0.25, 0.3) is 0 Å². The summed E-state index contributed by atoms with van der Waals surface area (Å²) < 4.78 is 29.7. The van der Waals surface area contributed by atoms with Crippen LogP contribution < -0.4 is 5.32 Å². The Morgan fingerprint density at radius 1 is 1.47 bits per heavy atom. The van der Waals surface area contributed by atoms with Gasteiger partial charge in [0.05, 0.1) is 12.9 Å². The second-order valence-corrected chi connectivity index (χ2v) is 6.51. The lowest BCUT2D eigenvalue weighted by Crippen LogP contribution is -2.42. The average molecular weight is 264 g/mol. The van der Waals surface area contributed by atoms with Crippen molar-refractivity contribution in [3.8, 4) is 0 Å². The molecule has 1 aliphatic heterocycles. The van der Waals surface area contributed by atoms with Crippen LogP contribution in [0.15, 0.2) is 0 Å². The Kier molecular flexibility index (Phi) is 6.40. The third-order valence-corrected chi connectivity index (χ3v) is 4.28. The molecule has 0 saturated carbocycles. The van der Waals surface area contributed by atoms with Gasteiger partial charge in [-0.1, -0.05) is 0 Å². The zero-order chi connectivity index (χ0) is 12.7. The Hall–Kier alpha value is -0.170. The molecule has 0 aromatic rings. The Balaban J connectivity index is 2.21. The van der Waals surface area contributed by atoms with Gasteiger partial charge >= 0.3 is 0 Å². The molecule has 1 atom stereocenters. The van der Waals surface area contributed by atoms with Crippen molar-refractivity contribution in [2.75, 3.05) is 45.6 Å². The molecule has 1 fully saturated rings. The summed E-state index contributed by atoms with van der Waals surface area (Å²) in [5, 5.41) is 3.32. The zero-order valence-electron chi connectivity index (χ0n) is 10.8. The molecule has 102 valence electrons. The number of hydrogen-bond donors (Lipinski definition) is 1. The van der Waals surface area contributed by atoms with E-state index >= 15 is 0 Å². The third-order valence-electron chi connectivity index (χ3n) is 3.01. The van der Waals surface area contributed by atoms with Gasteiger partial charge in [-0.05, 0) is 32.2 Å². The maximum atomic E-state index is 11.4. The van der Waals surface area contributed by atoms with Gasteiger partial charge in [-0.2, -0.15) is 0 Å². The Morgan fingerprint density at radius 3 is 2.88 bits per heavy atom. The highest BCUT2D eigenvalue weighted by atomic mass is 32.2. The molecule has 0 spiro atoms. The van der Waals surface area contributed by atoms with Crippen LogP contribution in [0.2, 0.25) is 0 Å². The number of ether oxygens (including phenoxy) is 1. The zero-order valence-corrected chi connectivity index (χ0v) is 11.6. The van der Waals surface area contributed by atoms with Crippen LogP contribution in [0.4, 0.5) is 0 Å². The Bertz CT molecular complexity index is 306. The maximum Gasteiger partial charge on any atom is 0.211 e.